The monoisotopic (exact) mass is 556 g/mol. The van der Waals surface area contributed by atoms with Crippen LogP contribution in [-0.2, 0) is 24.3 Å². The van der Waals surface area contributed by atoms with Crippen LogP contribution in [0.5, 0.6) is 0 Å². The number of nitrogens with one attached hydrogen (secondary N) is 1. The van der Waals surface area contributed by atoms with Gasteiger partial charge in [-0.2, -0.15) is 8.78 Å². The number of hydrogen-bond acceptors (Lipinski definition) is 6. The fourth-order valence-corrected chi connectivity index (χ4v) is 4.28. The number of aromatic nitrogens is 2. The van der Waals surface area contributed by atoms with Crippen molar-refractivity contribution in [2.24, 2.45) is 0 Å². The maximum Gasteiger partial charge on any atom is 0.314 e. The molecule has 0 saturated heterocycles. The molecular weight excluding hydrogens is 522 g/mol. The summed E-state index contributed by atoms with van der Waals surface area (Å²) >= 11 is 0. The second-order valence-electron chi connectivity index (χ2n) is 9.40. The molecule has 0 aliphatic heterocycles. The summed E-state index contributed by atoms with van der Waals surface area (Å²) in [6.07, 6.45) is -0.827. The first-order valence-corrected chi connectivity index (χ1v) is 13.5. The van der Waals surface area contributed by atoms with Gasteiger partial charge in [-0.05, 0) is 60.3 Å². The maximum absolute atomic E-state index is 12.6. The number of aryl methyl sites for hydroxylation is 1. The predicted octanol–water partition coefficient (Wildman–Crippen LogP) is 7.97. The summed E-state index contributed by atoms with van der Waals surface area (Å²) in [4.78, 5) is 7.14. The Hall–Kier alpha value is -4.40. The predicted molar refractivity (Wildman–Crippen MR) is 157 cm³/mol. The lowest BCUT2D eigenvalue weighted by atomic mass is 10.1. The molecule has 0 bridgehead atoms. The van der Waals surface area contributed by atoms with Gasteiger partial charge < -0.3 is 4.42 Å². The number of anilines is 1. The number of para-hydroxylation sites is 1. The Balaban J connectivity index is 0.000000367. The van der Waals surface area contributed by atoms with Gasteiger partial charge in [0.25, 0.3) is 5.89 Å². The van der Waals surface area contributed by atoms with Crippen molar-refractivity contribution in [2.75, 3.05) is 19.1 Å². The minimum atomic E-state index is -2.76. The third-order valence-corrected chi connectivity index (χ3v) is 6.26. The van der Waals surface area contributed by atoms with E-state index >= 15 is 0 Å². The molecule has 0 aliphatic carbocycles. The van der Waals surface area contributed by atoms with Crippen LogP contribution in [0.2, 0.25) is 0 Å². The largest absolute Gasteiger partial charge is 0.415 e. The molecule has 0 unspecified atom stereocenters. The molecule has 6 nitrogen and oxygen atoms in total. The number of benzene rings is 4. The fourth-order valence-electron chi connectivity index (χ4n) is 4.28. The summed E-state index contributed by atoms with van der Waals surface area (Å²) in [7, 11) is 1.59. The Bertz CT molecular complexity index is 1360. The number of hydrogen-bond donors (Lipinski definition) is 1. The van der Waals surface area contributed by atoms with Crippen LogP contribution in [0.1, 0.15) is 35.4 Å². The van der Waals surface area contributed by atoms with E-state index in [2.05, 4.69) is 73.9 Å². The van der Waals surface area contributed by atoms with E-state index in [0.29, 0.717) is 5.56 Å². The van der Waals surface area contributed by atoms with Crippen molar-refractivity contribution in [1.29, 1.82) is 0 Å². The van der Waals surface area contributed by atoms with Crippen LogP contribution in [-0.4, -0.2) is 28.8 Å². The zero-order valence-electron chi connectivity index (χ0n) is 23.0. The highest BCUT2D eigenvalue weighted by molar-refractivity contribution is 5.53. The number of halogens is 2. The first-order valence-electron chi connectivity index (χ1n) is 13.5. The van der Waals surface area contributed by atoms with Gasteiger partial charge >= 0.3 is 6.43 Å². The van der Waals surface area contributed by atoms with E-state index in [4.69, 9.17) is 4.42 Å². The van der Waals surface area contributed by atoms with Gasteiger partial charge in [0.1, 0.15) is 0 Å². The normalized spacial score (nSPS) is 10.9. The lowest BCUT2D eigenvalue weighted by Crippen LogP contribution is -2.24. The molecule has 0 spiro atoms. The number of rotatable bonds is 12. The molecular formula is C33H34F2N4O2. The Morgan fingerprint density at radius 3 is 1.80 bits per heavy atom. The summed E-state index contributed by atoms with van der Waals surface area (Å²) in [5.74, 6) is -0.537. The molecule has 0 fully saturated rings. The lowest BCUT2D eigenvalue weighted by Gasteiger charge is -2.22. The fraction of sp³-hybridized carbons (Fsp3) is 0.212. The van der Waals surface area contributed by atoms with Gasteiger partial charge in [-0.25, -0.2) is 0 Å². The molecule has 0 saturated carbocycles. The SMILES string of the molecule is CONc1ccccc1.FC(F)c1nnc(-c2ccc(CCCN(Cc3ccccc3)Cc3ccccc3)cc2)o1. The van der Waals surface area contributed by atoms with Crippen LogP contribution >= 0.6 is 0 Å². The van der Waals surface area contributed by atoms with Crippen LogP contribution in [0.15, 0.2) is 120 Å². The molecule has 0 aliphatic rings. The molecule has 5 rings (SSSR count). The average molecular weight is 557 g/mol. The van der Waals surface area contributed by atoms with Crippen molar-refractivity contribution in [3.05, 3.63) is 138 Å². The van der Waals surface area contributed by atoms with Gasteiger partial charge in [0.2, 0.25) is 5.89 Å². The summed E-state index contributed by atoms with van der Waals surface area (Å²) < 4.78 is 30.3. The number of alkyl halides is 2. The molecule has 1 N–H and O–H groups in total. The van der Waals surface area contributed by atoms with Crippen LogP contribution in [0.25, 0.3) is 11.5 Å². The van der Waals surface area contributed by atoms with Crippen LogP contribution < -0.4 is 5.48 Å². The summed E-state index contributed by atoms with van der Waals surface area (Å²) in [6.45, 7) is 2.77. The smallest absolute Gasteiger partial charge is 0.314 e. The zero-order valence-corrected chi connectivity index (χ0v) is 23.0. The summed E-state index contributed by atoms with van der Waals surface area (Å²) in [5.41, 5.74) is 8.11. The van der Waals surface area contributed by atoms with Gasteiger partial charge in [-0.1, -0.05) is 91.0 Å². The summed E-state index contributed by atoms with van der Waals surface area (Å²) in [5, 5.41) is 7.08. The Morgan fingerprint density at radius 2 is 1.29 bits per heavy atom. The lowest BCUT2D eigenvalue weighted by molar-refractivity contribution is 0.116. The second-order valence-corrected chi connectivity index (χ2v) is 9.40. The van der Waals surface area contributed by atoms with Gasteiger partial charge in [0.15, 0.2) is 0 Å². The van der Waals surface area contributed by atoms with Crippen molar-refractivity contribution in [3.63, 3.8) is 0 Å². The number of nitrogens with zero attached hydrogens (tertiary/aromatic N) is 3. The highest BCUT2D eigenvalue weighted by Gasteiger charge is 2.17. The van der Waals surface area contributed by atoms with E-state index in [9.17, 15) is 8.78 Å². The van der Waals surface area contributed by atoms with Gasteiger partial charge in [-0.15, -0.1) is 10.2 Å². The Morgan fingerprint density at radius 1 is 0.732 bits per heavy atom. The van der Waals surface area contributed by atoms with E-state index < -0.39 is 12.3 Å². The molecule has 1 aromatic heterocycles. The molecule has 8 heteroatoms. The van der Waals surface area contributed by atoms with Crippen molar-refractivity contribution >= 4 is 5.69 Å². The molecule has 0 amide bonds. The van der Waals surface area contributed by atoms with Crippen LogP contribution in [0.4, 0.5) is 14.5 Å². The minimum Gasteiger partial charge on any atom is -0.415 e. The van der Waals surface area contributed by atoms with Crippen molar-refractivity contribution in [2.45, 2.75) is 32.4 Å². The molecule has 0 atom stereocenters. The third kappa shape index (κ3) is 9.94. The highest BCUT2D eigenvalue weighted by Crippen LogP contribution is 2.23. The van der Waals surface area contributed by atoms with Gasteiger partial charge in [0, 0.05) is 18.7 Å². The van der Waals surface area contributed by atoms with Crippen molar-refractivity contribution in [1.82, 2.24) is 15.1 Å². The Kier molecular flexibility index (Phi) is 11.5. The van der Waals surface area contributed by atoms with E-state index in [0.717, 1.165) is 38.2 Å². The maximum atomic E-state index is 12.6. The zero-order chi connectivity index (χ0) is 28.7. The van der Waals surface area contributed by atoms with Crippen molar-refractivity contribution in [3.8, 4) is 11.5 Å². The molecule has 1 heterocycles. The first-order chi connectivity index (χ1) is 20.1. The van der Waals surface area contributed by atoms with Gasteiger partial charge in [-0.3, -0.25) is 15.2 Å². The van der Waals surface area contributed by atoms with E-state index in [1.165, 1.54) is 16.7 Å². The van der Waals surface area contributed by atoms with E-state index in [1.807, 2.05) is 66.7 Å². The molecule has 4 aromatic carbocycles. The first kappa shape index (κ1) is 29.6. The van der Waals surface area contributed by atoms with Crippen LogP contribution in [0, 0.1) is 0 Å². The van der Waals surface area contributed by atoms with Crippen LogP contribution in [0.3, 0.4) is 0 Å². The van der Waals surface area contributed by atoms with Gasteiger partial charge in [0.05, 0.1) is 12.8 Å². The summed E-state index contributed by atoms with van der Waals surface area (Å²) in [6, 6.07) is 38.4. The molecule has 5 aromatic rings. The topological polar surface area (TPSA) is 63.4 Å². The van der Waals surface area contributed by atoms with E-state index in [1.54, 1.807) is 7.11 Å². The Labute approximate surface area is 239 Å². The van der Waals surface area contributed by atoms with Crippen molar-refractivity contribution < 1.29 is 18.0 Å². The third-order valence-electron chi connectivity index (χ3n) is 6.26. The standard InChI is InChI=1S/C26H25F2N3O.C7H9NO/c27-24(28)26-30-29-25(32-26)23-15-13-20(14-16-23)12-7-17-31(18-21-8-3-1-4-9-21)19-22-10-5-2-6-11-22;1-9-8-7-5-3-2-4-6-7/h1-6,8-11,13-16,24H,7,12,17-19H2;2-6,8H,1H3. The second kappa shape index (κ2) is 16.0. The highest BCUT2D eigenvalue weighted by atomic mass is 19.3. The quantitative estimate of drug-likeness (QED) is 0.157. The van der Waals surface area contributed by atoms with E-state index in [-0.39, 0.29) is 5.89 Å². The molecule has 41 heavy (non-hydrogen) atoms. The average Bonchev–Trinajstić information content (AvgIpc) is 3.51. The molecule has 212 valence electrons. The molecule has 0 radical (unpaired) electrons. The minimum absolute atomic E-state index is 0.115.